The number of rotatable bonds is 6. The number of amides is 1. The number of alkyl halides is 3. The van der Waals surface area contributed by atoms with Crippen LogP contribution in [0.15, 0.2) is 48.8 Å². The van der Waals surface area contributed by atoms with Crippen LogP contribution in [-0.2, 0) is 17.4 Å². The number of carbonyl (C=O) groups excluding carboxylic acids is 1. The first-order valence-electron chi connectivity index (χ1n) is 7.39. The minimum Gasteiger partial charge on any atom is -0.325 e. The van der Waals surface area contributed by atoms with Crippen molar-refractivity contribution in [1.29, 1.82) is 0 Å². The molecule has 7 heteroatoms. The van der Waals surface area contributed by atoms with E-state index in [1.54, 1.807) is 12.4 Å². The molecule has 0 aliphatic rings. The van der Waals surface area contributed by atoms with E-state index < -0.39 is 11.7 Å². The molecular weight excluding hydrogens is 319 g/mol. The molecule has 0 saturated carbocycles. The van der Waals surface area contributed by atoms with Gasteiger partial charge in [0.05, 0.1) is 12.1 Å². The number of nitrogens with one attached hydrogen (secondary N) is 1. The SMILES string of the molecule is CN(CCc1ccncc1)CC(=O)Nc1ccc(C(F)(F)F)cc1. The van der Waals surface area contributed by atoms with Crippen LogP contribution < -0.4 is 5.32 Å². The Morgan fingerprint density at radius 1 is 1.12 bits per heavy atom. The monoisotopic (exact) mass is 337 g/mol. The summed E-state index contributed by atoms with van der Waals surface area (Å²) < 4.78 is 37.4. The lowest BCUT2D eigenvalue weighted by Gasteiger charge is -2.16. The van der Waals surface area contributed by atoms with Crippen LogP contribution in [0.3, 0.4) is 0 Å². The molecule has 24 heavy (non-hydrogen) atoms. The quantitative estimate of drug-likeness (QED) is 0.880. The van der Waals surface area contributed by atoms with Crippen molar-refractivity contribution in [3.63, 3.8) is 0 Å². The highest BCUT2D eigenvalue weighted by atomic mass is 19.4. The Morgan fingerprint density at radius 3 is 2.33 bits per heavy atom. The maximum Gasteiger partial charge on any atom is 0.416 e. The van der Waals surface area contributed by atoms with Gasteiger partial charge in [0.15, 0.2) is 0 Å². The third-order valence-corrected chi connectivity index (χ3v) is 3.44. The van der Waals surface area contributed by atoms with Gasteiger partial charge < -0.3 is 5.32 Å². The first-order chi connectivity index (χ1) is 11.3. The molecule has 2 aromatic rings. The van der Waals surface area contributed by atoms with Crippen molar-refractivity contribution in [2.75, 3.05) is 25.5 Å². The zero-order valence-electron chi connectivity index (χ0n) is 13.2. The summed E-state index contributed by atoms with van der Waals surface area (Å²) in [5.74, 6) is -0.271. The van der Waals surface area contributed by atoms with Gasteiger partial charge in [0.2, 0.25) is 5.91 Å². The summed E-state index contributed by atoms with van der Waals surface area (Å²) in [4.78, 5) is 17.7. The second-order valence-electron chi connectivity index (χ2n) is 5.47. The van der Waals surface area contributed by atoms with Crippen molar-refractivity contribution < 1.29 is 18.0 Å². The van der Waals surface area contributed by atoms with Crippen molar-refractivity contribution in [2.24, 2.45) is 0 Å². The van der Waals surface area contributed by atoms with Gasteiger partial charge in [0.1, 0.15) is 0 Å². The Hall–Kier alpha value is -2.41. The molecule has 1 heterocycles. The van der Waals surface area contributed by atoms with E-state index in [1.165, 1.54) is 12.1 Å². The van der Waals surface area contributed by atoms with Crippen molar-refractivity contribution in [1.82, 2.24) is 9.88 Å². The molecule has 0 atom stereocenters. The molecule has 1 amide bonds. The van der Waals surface area contributed by atoms with E-state index in [2.05, 4.69) is 10.3 Å². The van der Waals surface area contributed by atoms with Crippen LogP contribution in [0, 0.1) is 0 Å². The first-order valence-corrected chi connectivity index (χ1v) is 7.39. The van der Waals surface area contributed by atoms with Gasteiger partial charge in [-0.15, -0.1) is 0 Å². The fraction of sp³-hybridized carbons (Fsp3) is 0.294. The van der Waals surface area contributed by atoms with Crippen LogP contribution in [0.2, 0.25) is 0 Å². The van der Waals surface area contributed by atoms with E-state index in [0.717, 1.165) is 24.1 Å². The maximum atomic E-state index is 12.5. The molecule has 2 rings (SSSR count). The number of aromatic nitrogens is 1. The Bertz CT molecular complexity index is 657. The molecule has 1 aromatic carbocycles. The molecule has 0 radical (unpaired) electrons. The van der Waals surface area contributed by atoms with Crippen LogP contribution in [-0.4, -0.2) is 35.9 Å². The fourth-order valence-electron chi connectivity index (χ4n) is 2.14. The van der Waals surface area contributed by atoms with E-state index in [0.29, 0.717) is 12.2 Å². The predicted molar refractivity (Wildman–Crippen MR) is 85.5 cm³/mol. The standard InChI is InChI=1S/C17H18F3N3O/c1-23(11-8-13-6-9-21-10-7-13)12-16(24)22-15-4-2-14(3-5-15)17(18,19)20/h2-7,9-10H,8,11-12H2,1H3,(H,22,24). The molecule has 0 aliphatic heterocycles. The van der Waals surface area contributed by atoms with Crippen LogP contribution >= 0.6 is 0 Å². The molecule has 128 valence electrons. The van der Waals surface area contributed by atoms with Crippen LogP contribution in [0.4, 0.5) is 18.9 Å². The average Bonchev–Trinajstić information content (AvgIpc) is 2.53. The third kappa shape index (κ3) is 5.66. The number of anilines is 1. The summed E-state index contributed by atoms with van der Waals surface area (Å²) in [7, 11) is 1.81. The summed E-state index contributed by atoms with van der Waals surface area (Å²) >= 11 is 0. The lowest BCUT2D eigenvalue weighted by Crippen LogP contribution is -2.31. The molecule has 0 saturated heterocycles. The van der Waals surface area contributed by atoms with Crippen molar-refractivity contribution in [3.05, 3.63) is 59.9 Å². The second-order valence-corrected chi connectivity index (χ2v) is 5.47. The minimum atomic E-state index is -4.38. The van der Waals surface area contributed by atoms with Gasteiger partial charge in [-0.2, -0.15) is 13.2 Å². The smallest absolute Gasteiger partial charge is 0.325 e. The Morgan fingerprint density at radius 2 is 1.75 bits per heavy atom. The second kappa shape index (κ2) is 7.92. The molecule has 4 nitrogen and oxygen atoms in total. The molecule has 0 aliphatic carbocycles. The molecule has 0 bridgehead atoms. The number of hydrogen-bond donors (Lipinski definition) is 1. The summed E-state index contributed by atoms with van der Waals surface area (Å²) in [6.45, 7) is 0.844. The van der Waals surface area contributed by atoms with Crippen molar-refractivity contribution >= 4 is 11.6 Å². The lowest BCUT2D eigenvalue weighted by atomic mass is 10.2. The number of likely N-dealkylation sites (N-methyl/N-ethyl adjacent to an activating group) is 1. The largest absolute Gasteiger partial charge is 0.416 e. The summed E-state index contributed by atoms with van der Waals surface area (Å²) in [5, 5.41) is 2.59. The number of benzene rings is 1. The van der Waals surface area contributed by atoms with Gasteiger partial charge >= 0.3 is 6.18 Å². The van der Waals surface area contributed by atoms with Crippen LogP contribution in [0.25, 0.3) is 0 Å². The molecule has 1 N–H and O–H groups in total. The van der Waals surface area contributed by atoms with Gasteiger partial charge in [0.25, 0.3) is 0 Å². The Labute approximate surface area is 138 Å². The Kier molecular flexibility index (Phi) is 5.92. The van der Waals surface area contributed by atoms with Gasteiger partial charge in [-0.1, -0.05) is 0 Å². The van der Waals surface area contributed by atoms with Crippen LogP contribution in [0.1, 0.15) is 11.1 Å². The molecular formula is C17H18F3N3O. The third-order valence-electron chi connectivity index (χ3n) is 3.44. The summed E-state index contributed by atoms with van der Waals surface area (Å²) in [5.41, 5.74) is 0.727. The van der Waals surface area contributed by atoms with E-state index in [9.17, 15) is 18.0 Å². The average molecular weight is 337 g/mol. The predicted octanol–water partition coefficient (Wildman–Crippen LogP) is 3.21. The minimum absolute atomic E-state index is 0.159. The van der Waals surface area contributed by atoms with E-state index >= 15 is 0 Å². The highest BCUT2D eigenvalue weighted by molar-refractivity contribution is 5.92. The molecule has 0 spiro atoms. The van der Waals surface area contributed by atoms with Crippen LogP contribution in [0.5, 0.6) is 0 Å². The topological polar surface area (TPSA) is 45.2 Å². The number of carbonyl (C=O) groups is 1. The van der Waals surface area contributed by atoms with Gasteiger partial charge in [-0.05, 0) is 55.4 Å². The fourth-order valence-corrected chi connectivity index (χ4v) is 2.14. The number of nitrogens with zero attached hydrogens (tertiary/aromatic N) is 2. The van der Waals surface area contributed by atoms with E-state index in [1.807, 2.05) is 24.1 Å². The maximum absolute atomic E-state index is 12.5. The zero-order valence-corrected chi connectivity index (χ0v) is 13.2. The number of halogens is 3. The van der Waals surface area contributed by atoms with Gasteiger partial charge in [-0.25, -0.2) is 0 Å². The molecule has 0 fully saturated rings. The van der Waals surface area contributed by atoms with Crippen molar-refractivity contribution in [3.8, 4) is 0 Å². The molecule has 0 unspecified atom stereocenters. The highest BCUT2D eigenvalue weighted by Gasteiger charge is 2.29. The summed E-state index contributed by atoms with van der Waals surface area (Å²) in [6.07, 6.45) is -0.165. The Balaban J connectivity index is 1.80. The number of pyridine rings is 1. The number of hydrogen-bond acceptors (Lipinski definition) is 3. The molecule has 1 aromatic heterocycles. The zero-order chi connectivity index (χ0) is 17.6. The summed E-state index contributed by atoms with van der Waals surface area (Å²) in [6, 6.07) is 8.22. The highest BCUT2D eigenvalue weighted by Crippen LogP contribution is 2.29. The van der Waals surface area contributed by atoms with Gasteiger partial charge in [0, 0.05) is 24.6 Å². The first kappa shape index (κ1) is 17.9. The van der Waals surface area contributed by atoms with E-state index in [-0.39, 0.29) is 12.5 Å². The lowest BCUT2D eigenvalue weighted by molar-refractivity contribution is -0.137. The van der Waals surface area contributed by atoms with Crippen molar-refractivity contribution in [2.45, 2.75) is 12.6 Å². The van der Waals surface area contributed by atoms with E-state index in [4.69, 9.17) is 0 Å². The normalized spacial score (nSPS) is 11.5. The van der Waals surface area contributed by atoms with Gasteiger partial charge in [-0.3, -0.25) is 14.7 Å².